The number of carbonyl (C=O) groups is 1. The molecule has 0 saturated heterocycles. The SMILES string of the molecule is CCCNc1cc(C(=O)N(CC)CC(C)C#N)c(Cl)cn1. The summed E-state index contributed by atoms with van der Waals surface area (Å²) in [4.78, 5) is 18.3. The van der Waals surface area contributed by atoms with Gasteiger partial charge in [-0.2, -0.15) is 5.26 Å². The van der Waals surface area contributed by atoms with E-state index in [1.807, 2.05) is 6.92 Å². The lowest BCUT2D eigenvalue weighted by Crippen LogP contribution is -2.34. The monoisotopic (exact) mass is 308 g/mol. The van der Waals surface area contributed by atoms with Gasteiger partial charge in [0, 0.05) is 25.8 Å². The molecule has 1 heterocycles. The lowest BCUT2D eigenvalue weighted by molar-refractivity contribution is 0.0753. The van der Waals surface area contributed by atoms with Crippen LogP contribution in [0.4, 0.5) is 5.82 Å². The van der Waals surface area contributed by atoms with Gasteiger partial charge in [-0.25, -0.2) is 4.98 Å². The van der Waals surface area contributed by atoms with E-state index in [4.69, 9.17) is 16.9 Å². The first-order valence-corrected chi connectivity index (χ1v) is 7.49. The summed E-state index contributed by atoms with van der Waals surface area (Å²) >= 11 is 6.09. The predicted molar refractivity (Wildman–Crippen MR) is 84.4 cm³/mol. The highest BCUT2D eigenvalue weighted by molar-refractivity contribution is 6.33. The van der Waals surface area contributed by atoms with Gasteiger partial charge in [-0.3, -0.25) is 4.79 Å². The number of rotatable bonds is 7. The van der Waals surface area contributed by atoms with E-state index in [0.717, 1.165) is 13.0 Å². The summed E-state index contributed by atoms with van der Waals surface area (Å²) in [7, 11) is 0. The van der Waals surface area contributed by atoms with Gasteiger partial charge in [0.2, 0.25) is 0 Å². The van der Waals surface area contributed by atoms with Crippen molar-refractivity contribution < 1.29 is 4.79 Å². The molecule has 0 radical (unpaired) electrons. The van der Waals surface area contributed by atoms with Crippen molar-refractivity contribution in [3.63, 3.8) is 0 Å². The average Bonchev–Trinajstić information content (AvgIpc) is 2.50. The molecular formula is C15H21ClN4O. The van der Waals surface area contributed by atoms with Gasteiger partial charge in [0.15, 0.2) is 0 Å². The second kappa shape index (κ2) is 8.48. The van der Waals surface area contributed by atoms with Crippen LogP contribution in [0.15, 0.2) is 12.3 Å². The molecule has 1 atom stereocenters. The number of anilines is 1. The second-order valence-corrected chi connectivity index (χ2v) is 5.26. The zero-order valence-electron chi connectivity index (χ0n) is 12.7. The van der Waals surface area contributed by atoms with Crippen LogP contribution < -0.4 is 5.32 Å². The van der Waals surface area contributed by atoms with Gasteiger partial charge in [-0.15, -0.1) is 0 Å². The van der Waals surface area contributed by atoms with Crippen molar-refractivity contribution in [2.24, 2.45) is 5.92 Å². The highest BCUT2D eigenvalue weighted by Crippen LogP contribution is 2.20. The third-order valence-electron chi connectivity index (χ3n) is 3.03. The fourth-order valence-electron chi connectivity index (χ4n) is 1.85. The van der Waals surface area contributed by atoms with Crippen molar-refractivity contribution in [2.45, 2.75) is 27.2 Å². The van der Waals surface area contributed by atoms with Crippen molar-refractivity contribution >= 4 is 23.3 Å². The van der Waals surface area contributed by atoms with E-state index in [9.17, 15) is 4.79 Å². The standard InChI is InChI=1S/C15H21ClN4O/c1-4-6-18-14-7-12(13(16)9-19-14)15(21)20(5-2)10-11(3)8-17/h7,9,11H,4-6,10H2,1-3H3,(H,18,19). The summed E-state index contributed by atoms with van der Waals surface area (Å²) in [5.74, 6) is 0.243. The first-order chi connectivity index (χ1) is 10.0. The largest absolute Gasteiger partial charge is 0.370 e. The summed E-state index contributed by atoms with van der Waals surface area (Å²) < 4.78 is 0. The molecule has 0 spiro atoms. The topological polar surface area (TPSA) is 69.0 Å². The Hall–Kier alpha value is -1.80. The minimum Gasteiger partial charge on any atom is -0.370 e. The maximum absolute atomic E-state index is 12.6. The number of carbonyl (C=O) groups excluding carboxylic acids is 1. The van der Waals surface area contributed by atoms with Gasteiger partial charge in [0.05, 0.1) is 22.6 Å². The molecular weight excluding hydrogens is 288 g/mol. The Bertz CT molecular complexity index is 527. The quantitative estimate of drug-likeness (QED) is 0.840. The molecule has 0 bridgehead atoms. The van der Waals surface area contributed by atoms with Crippen LogP contribution in [0.3, 0.4) is 0 Å². The van der Waals surface area contributed by atoms with Crippen LogP contribution in [-0.4, -0.2) is 35.4 Å². The fraction of sp³-hybridized carbons (Fsp3) is 0.533. The minimum absolute atomic E-state index is 0.174. The number of nitrogens with one attached hydrogen (secondary N) is 1. The molecule has 0 aliphatic rings. The van der Waals surface area contributed by atoms with Gasteiger partial charge < -0.3 is 10.2 Å². The number of nitriles is 1. The number of pyridine rings is 1. The molecule has 1 unspecified atom stereocenters. The van der Waals surface area contributed by atoms with Gasteiger partial charge in [0.25, 0.3) is 5.91 Å². The minimum atomic E-state index is -0.216. The molecule has 6 heteroatoms. The number of amides is 1. The van der Waals surface area contributed by atoms with Crippen molar-refractivity contribution in [1.29, 1.82) is 5.26 Å². The number of hydrogen-bond acceptors (Lipinski definition) is 4. The Morgan fingerprint density at radius 3 is 2.86 bits per heavy atom. The number of halogens is 1. The first kappa shape index (κ1) is 17.3. The molecule has 0 aliphatic carbocycles. The zero-order chi connectivity index (χ0) is 15.8. The molecule has 1 N–H and O–H groups in total. The Labute approximate surface area is 130 Å². The van der Waals surface area contributed by atoms with Crippen molar-refractivity contribution in [3.8, 4) is 6.07 Å². The summed E-state index contributed by atoms with van der Waals surface area (Å²) in [6, 6.07) is 3.81. The Kier molecular flexibility index (Phi) is 6.97. The molecule has 1 aromatic rings. The molecule has 0 saturated carbocycles. The zero-order valence-corrected chi connectivity index (χ0v) is 13.4. The maximum atomic E-state index is 12.6. The normalized spacial score (nSPS) is 11.6. The van der Waals surface area contributed by atoms with Crippen molar-refractivity contribution in [1.82, 2.24) is 9.88 Å². The lowest BCUT2D eigenvalue weighted by atomic mass is 10.1. The molecule has 0 aliphatic heterocycles. The van der Waals surface area contributed by atoms with E-state index in [-0.39, 0.29) is 11.8 Å². The van der Waals surface area contributed by atoms with Crippen LogP contribution in [0, 0.1) is 17.2 Å². The number of aromatic nitrogens is 1. The second-order valence-electron chi connectivity index (χ2n) is 4.85. The van der Waals surface area contributed by atoms with Crippen LogP contribution in [0.5, 0.6) is 0 Å². The third kappa shape index (κ3) is 4.91. The molecule has 0 fully saturated rings. The molecule has 1 amide bonds. The molecule has 1 rings (SSSR count). The van der Waals surface area contributed by atoms with E-state index in [2.05, 4.69) is 23.3 Å². The van der Waals surface area contributed by atoms with E-state index >= 15 is 0 Å². The molecule has 21 heavy (non-hydrogen) atoms. The van der Waals surface area contributed by atoms with E-state index in [1.165, 1.54) is 6.20 Å². The van der Waals surface area contributed by atoms with Gasteiger partial charge in [-0.05, 0) is 26.3 Å². The average molecular weight is 309 g/mol. The van der Waals surface area contributed by atoms with Crippen molar-refractivity contribution in [3.05, 3.63) is 22.8 Å². The van der Waals surface area contributed by atoms with Crippen molar-refractivity contribution in [2.75, 3.05) is 25.0 Å². The van der Waals surface area contributed by atoms with Crippen LogP contribution in [0.2, 0.25) is 5.02 Å². The molecule has 0 aromatic carbocycles. The molecule has 5 nitrogen and oxygen atoms in total. The lowest BCUT2D eigenvalue weighted by Gasteiger charge is -2.22. The first-order valence-electron chi connectivity index (χ1n) is 7.11. The van der Waals surface area contributed by atoms with E-state index in [1.54, 1.807) is 17.9 Å². The third-order valence-corrected chi connectivity index (χ3v) is 3.33. The highest BCUT2D eigenvalue weighted by Gasteiger charge is 2.20. The van der Waals surface area contributed by atoms with Crippen LogP contribution in [-0.2, 0) is 0 Å². The van der Waals surface area contributed by atoms with Crippen LogP contribution in [0.1, 0.15) is 37.6 Å². The molecule has 1 aromatic heterocycles. The predicted octanol–water partition coefficient (Wildman–Crippen LogP) is 3.18. The summed E-state index contributed by atoms with van der Waals surface area (Å²) in [5, 5.41) is 12.4. The smallest absolute Gasteiger partial charge is 0.255 e. The van der Waals surface area contributed by atoms with Gasteiger partial charge in [-0.1, -0.05) is 18.5 Å². The fourth-order valence-corrected chi connectivity index (χ4v) is 2.03. The number of nitrogens with zero attached hydrogens (tertiary/aromatic N) is 3. The van der Waals surface area contributed by atoms with Gasteiger partial charge in [0.1, 0.15) is 5.82 Å². The summed E-state index contributed by atoms with van der Waals surface area (Å²) in [5.41, 5.74) is 0.414. The summed E-state index contributed by atoms with van der Waals surface area (Å²) in [6.07, 6.45) is 2.45. The Balaban J connectivity index is 2.96. The Morgan fingerprint density at radius 2 is 2.29 bits per heavy atom. The Morgan fingerprint density at radius 1 is 1.57 bits per heavy atom. The van der Waals surface area contributed by atoms with Crippen LogP contribution >= 0.6 is 11.6 Å². The maximum Gasteiger partial charge on any atom is 0.255 e. The number of hydrogen-bond donors (Lipinski definition) is 1. The van der Waals surface area contributed by atoms with E-state index in [0.29, 0.717) is 29.5 Å². The molecule has 114 valence electrons. The van der Waals surface area contributed by atoms with Gasteiger partial charge >= 0.3 is 0 Å². The highest BCUT2D eigenvalue weighted by atomic mass is 35.5. The van der Waals surface area contributed by atoms with E-state index < -0.39 is 0 Å². The van der Waals surface area contributed by atoms with Crippen LogP contribution in [0.25, 0.3) is 0 Å². The summed E-state index contributed by atoms with van der Waals surface area (Å²) in [6.45, 7) is 7.43.